The van der Waals surface area contributed by atoms with E-state index in [9.17, 15) is 24.2 Å². The first-order valence-corrected chi connectivity index (χ1v) is 26.8. The molecule has 0 spiro atoms. The van der Waals surface area contributed by atoms with Crippen molar-refractivity contribution in [3.63, 3.8) is 0 Å². The Hall–Kier alpha value is -1.55. The van der Waals surface area contributed by atoms with E-state index in [0.717, 1.165) is 44.9 Å². The van der Waals surface area contributed by atoms with E-state index >= 15 is 0 Å². The van der Waals surface area contributed by atoms with E-state index in [4.69, 9.17) is 23.6 Å². The number of ether oxygens (including phenoxy) is 2. The number of phosphoric ester groups is 1. The molecule has 0 heterocycles. The Labute approximate surface area is 374 Å². The van der Waals surface area contributed by atoms with Crippen LogP contribution in [0.15, 0.2) is 24.3 Å². The van der Waals surface area contributed by atoms with E-state index in [1.807, 2.05) is 0 Å². The number of hydrogen-bond donors (Lipinski definition) is 3. The first-order valence-electron chi connectivity index (χ1n) is 25.3. The highest BCUT2D eigenvalue weighted by molar-refractivity contribution is 7.47. The van der Waals surface area contributed by atoms with Crippen molar-refractivity contribution in [1.29, 1.82) is 0 Å². The Morgan fingerprint density at radius 2 is 0.836 bits per heavy atom. The van der Waals surface area contributed by atoms with Gasteiger partial charge in [-0.1, -0.05) is 212 Å². The second-order valence-corrected chi connectivity index (χ2v) is 18.6. The summed E-state index contributed by atoms with van der Waals surface area (Å²) in [6.45, 7) is 2.39. The molecule has 0 bridgehead atoms. The molecule has 0 saturated carbocycles. The lowest BCUT2D eigenvalue weighted by Gasteiger charge is -2.20. The van der Waals surface area contributed by atoms with E-state index in [2.05, 4.69) is 38.2 Å². The maximum atomic E-state index is 12.6. The van der Waals surface area contributed by atoms with Crippen LogP contribution in [0.5, 0.6) is 0 Å². The van der Waals surface area contributed by atoms with Crippen LogP contribution >= 0.6 is 7.82 Å². The second kappa shape index (κ2) is 46.4. The maximum absolute atomic E-state index is 12.6. The minimum atomic E-state index is -4.63. The van der Waals surface area contributed by atoms with Crippen LogP contribution in [0, 0.1) is 0 Å². The van der Waals surface area contributed by atoms with Crippen LogP contribution < -0.4 is 0 Å². The van der Waals surface area contributed by atoms with Gasteiger partial charge < -0.3 is 24.6 Å². The minimum absolute atomic E-state index is 0.181. The monoisotopic (exact) mass is 887 g/mol. The van der Waals surface area contributed by atoms with Gasteiger partial charge in [0.1, 0.15) is 12.7 Å². The van der Waals surface area contributed by atoms with E-state index in [1.54, 1.807) is 0 Å². The average Bonchev–Trinajstić information content (AvgIpc) is 3.25. The molecule has 3 atom stereocenters. The summed E-state index contributed by atoms with van der Waals surface area (Å²) in [5.74, 6) is -0.962. The van der Waals surface area contributed by atoms with Crippen LogP contribution in [-0.4, -0.2) is 65.7 Å². The summed E-state index contributed by atoms with van der Waals surface area (Å²) in [6, 6.07) is 0. The lowest BCUT2D eigenvalue weighted by atomic mass is 10.0. The summed E-state index contributed by atoms with van der Waals surface area (Å²) in [7, 11) is -4.63. The number of unbranched alkanes of at least 4 members (excludes halogenated alkanes) is 30. The number of phosphoric acid groups is 1. The molecule has 360 valence electrons. The summed E-state index contributed by atoms with van der Waals surface area (Å²) in [5, 5.41) is 18.4. The fourth-order valence-corrected chi connectivity index (χ4v) is 7.98. The Balaban J connectivity index is 4.19. The van der Waals surface area contributed by atoms with Gasteiger partial charge in [0, 0.05) is 12.8 Å². The molecule has 0 amide bonds. The van der Waals surface area contributed by atoms with Gasteiger partial charge in [0.2, 0.25) is 0 Å². The number of rotatable bonds is 48. The van der Waals surface area contributed by atoms with Crippen molar-refractivity contribution in [1.82, 2.24) is 0 Å². The van der Waals surface area contributed by atoms with Crippen molar-refractivity contribution in [3.05, 3.63) is 24.3 Å². The lowest BCUT2D eigenvalue weighted by molar-refractivity contribution is -0.161. The van der Waals surface area contributed by atoms with Crippen LogP contribution in [-0.2, 0) is 32.7 Å². The molecule has 0 aliphatic rings. The first kappa shape index (κ1) is 59.5. The Bertz CT molecular complexity index is 1070. The van der Waals surface area contributed by atoms with E-state index in [1.165, 1.54) is 161 Å². The van der Waals surface area contributed by atoms with Crippen LogP contribution in [0.4, 0.5) is 0 Å². The molecule has 0 radical (unpaired) electrons. The van der Waals surface area contributed by atoms with Gasteiger partial charge in [-0.05, 0) is 44.9 Å². The predicted octanol–water partition coefficient (Wildman–Crippen LogP) is 14.1. The number of aliphatic hydroxyl groups excluding tert-OH is 2. The van der Waals surface area contributed by atoms with E-state index in [-0.39, 0.29) is 19.4 Å². The number of hydrogen-bond acceptors (Lipinski definition) is 9. The zero-order chi connectivity index (χ0) is 44.8. The molecular formula is C50H95O10P. The highest BCUT2D eigenvalue weighted by Gasteiger charge is 2.27. The van der Waals surface area contributed by atoms with Gasteiger partial charge in [-0.25, -0.2) is 4.57 Å². The molecule has 61 heavy (non-hydrogen) atoms. The fraction of sp³-hybridized carbons (Fsp3) is 0.880. The van der Waals surface area contributed by atoms with Crippen molar-refractivity contribution < 1.29 is 47.8 Å². The second-order valence-electron chi connectivity index (χ2n) is 17.2. The van der Waals surface area contributed by atoms with Gasteiger partial charge in [-0.2, -0.15) is 0 Å². The minimum Gasteiger partial charge on any atom is -0.462 e. The van der Waals surface area contributed by atoms with Gasteiger partial charge in [0.05, 0.1) is 19.8 Å². The number of esters is 2. The third-order valence-corrected chi connectivity index (χ3v) is 12.0. The number of carbonyl (C=O) groups excluding carboxylic acids is 2. The van der Waals surface area contributed by atoms with Crippen molar-refractivity contribution in [2.45, 2.75) is 257 Å². The molecule has 11 heteroatoms. The molecule has 0 aromatic carbocycles. The molecule has 3 N–H and O–H groups in total. The zero-order valence-electron chi connectivity index (χ0n) is 39.4. The van der Waals surface area contributed by atoms with Crippen LogP contribution in [0.2, 0.25) is 0 Å². The largest absolute Gasteiger partial charge is 0.472 e. The van der Waals surface area contributed by atoms with Crippen molar-refractivity contribution in [2.24, 2.45) is 0 Å². The molecule has 0 aliphatic heterocycles. The van der Waals surface area contributed by atoms with Gasteiger partial charge >= 0.3 is 19.8 Å². The van der Waals surface area contributed by atoms with Crippen molar-refractivity contribution >= 4 is 19.8 Å². The van der Waals surface area contributed by atoms with Gasteiger partial charge in [-0.15, -0.1) is 0 Å². The Kier molecular flexibility index (Phi) is 45.3. The SMILES string of the molecule is CCCCCCCCCCCCCCCC/C=C/CC/C=C/CCCC(=O)OC[C@@H](COP(=O)(O)OC[C@H](O)CO)OC(=O)CCCCCCCCCCCCCCCCC. The van der Waals surface area contributed by atoms with Gasteiger partial charge in [-0.3, -0.25) is 18.6 Å². The van der Waals surface area contributed by atoms with Crippen LogP contribution in [0.1, 0.15) is 245 Å². The summed E-state index contributed by atoms with van der Waals surface area (Å²) >= 11 is 0. The normalized spacial score (nSPS) is 13.9. The average molecular weight is 887 g/mol. The van der Waals surface area contributed by atoms with Gasteiger partial charge in [0.25, 0.3) is 0 Å². The molecule has 0 fully saturated rings. The highest BCUT2D eigenvalue weighted by Crippen LogP contribution is 2.43. The Morgan fingerprint density at radius 3 is 1.28 bits per heavy atom. The van der Waals surface area contributed by atoms with E-state index < -0.39 is 51.8 Å². The summed E-state index contributed by atoms with van der Waals surface area (Å²) in [5.41, 5.74) is 0. The zero-order valence-corrected chi connectivity index (χ0v) is 40.3. The predicted molar refractivity (Wildman–Crippen MR) is 252 cm³/mol. The topological polar surface area (TPSA) is 149 Å². The lowest BCUT2D eigenvalue weighted by Crippen LogP contribution is -2.29. The molecule has 1 unspecified atom stereocenters. The number of aliphatic hydroxyl groups is 2. The molecule has 0 aromatic rings. The summed E-state index contributed by atoms with van der Waals surface area (Å²) in [4.78, 5) is 35.1. The molecule has 10 nitrogen and oxygen atoms in total. The smallest absolute Gasteiger partial charge is 0.462 e. The number of allylic oxidation sites excluding steroid dienone is 4. The summed E-state index contributed by atoms with van der Waals surface area (Å²) < 4.78 is 32.8. The third-order valence-electron chi connectivity index (χ3n) is 11.1. The molecule has 0 saturated heterocycles. The van der Waals surface area contributed by atoms with E-state index in [0.29, 0.717) is 12.8 Å². The molecule has 0 aliphatic carbocycles. The summed E-state index contributed by atoms with van der Waals surface area (Å²) in [6.07, 6.45) is 48.8. The standard InChI is InChI=1S/C50H95O10P/c1-3-5-7-9-11-13-15-17-19-20-21-22-23-24-25-26-28-29-31-33-35-37-39-41-49(53)57-45-48(46-59-61(55,56)58-44-47(52)43-51)60-50(54)42-40-38-36-34-32-30-27-18-16-14-12-10-8-6-4-2/h26,28,33,35,47-48,51-52H,3-25,27,29-32,34,36-46H2,1-2H3,(H,55,56)/b28-26+,35-33+/t47-,48+/m1/s1. The fourth-order valence-electron chi connectivity index (χ4n) is 7.19. The first-order chi connectivity index (χ1) is 29.7. The highest BCUT2D eigenvalue weighted by atomic mass is 31.2. The van der Waals surface area contributed by atoms with Crippen LogP contribution in [0.3, 0.4) is 0 Å². The van der Waals surface area contributed by atoms with Crippen molar-refractivity contribution in [2.75, 3.05) is 26.4 Å². The van der Waals surface area contributed by atoms with Crippen molar-refractivity contribution in [3.8, 4) is 0 Å². The van der Waals surface area contributed by atoms with Gasteiger partial charge in [0.15, 0.2) is 6.10 Å². The third kappa shape index (κ3) is 46.3. The molecular weight excluding hydrogens is 792 g/mol. The number of carbonyl (C=O) groups is 2. The molecule has 0 rings (SSSR count). The molecule has 0 aromatic heterocycles. The maximum Gasteiger partial charge on any atom is 0.472 e. The van der Waals surface area contributed by atoms with Crippen LogP contribution in [0.25, 0.3) is 0 Å². The quantitative estimate of drug-likeness (QED) is 0.0233. The Morgan fingerprint density at radius 1 is 0.475 bits per heavy atom.